The Hall–Kier alpha value is -1.43. The minimum absolute atomic E-state index is 0.256. The minimum atomic E-state index is -3.32. The summed E-state index contributed by atoms with van der Waals surface area (Å²) in [7, 11) is 0. The number of nitrogens with zero attached hydrogens (tertiary/aromatic N) is 1. The SMILES string of the molecule is C[Se](O[C@]1(O)C[C@H](N2C=CC(N)(C(=O)c3ccccc3)NC2=O)O[C@@H]1CO)=P(C)(O)O. The van der Waals surface area contributed by atoms with Gasteiger partial charge < -0.3 is 0 Å². The van der Waals surface area contributed by atoms with Gasteiger partial charge in [0, 0.05) is 0 Å². The molecule has 2 unspecified atom stereocenters. The van der Waals surface area contributed by atoms with Crippen molar-refractivity contribution in [2.75, 3.05) is 13.3 Å². The Kier molecular flexibility index (Phi) is 6.90. The van der Waals surface area contributed by atoms with Gasteiger partial charge in [-0.25, -0.2) is 0 Å². The summed E-state index contributed by atoms with van der Waals surface area (Å²) in [5.41, 5.74) is 4.66. The number of aliphatic hydroxyl groups is 2. The second kappa shape index (κ2) is 8.84. The van der Waals surface area contributed by atoms with E-state index < -0.39 is 61.5 Å². The molecule has 2 amide bonds. The number of amides is 2. The van der Waals surface area contributed by atoms with Crippen molar-refractivity contribution in [2.24, 2.45) is 5.73 Å². The van der Waals surface area contributed by atoms with Gasteiger partial charge >= 0.3 is 177 Å². The predicted molar refractivity (Wildman–Crippen MR) is 112 cm³/mol. The predicted octanol–water partition coefficient (Wildman–Crippen LogP) is -0.544. The Balaban J connectivity index is 1.81. The molecule has 0 aromatic heterocycles. The van der Waals surface area contributed by atoms with Crippen molar-refractivity contribution < 1.29 is 38.1 Å². The maximum atomic E-state index is 12.7. The molecule has 0 aliphatic carbocycles. The van der Waals surface area contributed by atoms with E-state index in [9.17, 15) is 29.6 Å². The quantitative estimate of drug-likeness (QED) is 0.124. The average molecular weight is 522 g/mol. The summed E-state index contributed by atoms with van der Waals surface area (Å²) in [6.07, 6.45) is 0.0651. The van der Waals surface area contributed by atoms with Crippen molar-refractivity contribution in [1.29, 1.82) is 0 Å². The first kappa shape index (κ1) is 24.2. The number of rotatable bonds is 6. The number of hydrogen-bond donors (Lipinski definition) is 6. The molecule has 0 bridgehead atoms. The van der Waals surface area contributed by atoms with Crippen LogP contribution in [0.25, 0.3) is 0 Å². The number of hydrogen-bond acceptors (Lipinski definition) is 9. The first-order valence-corrected chi connectivity index (χ1v) is 16.0. The topological polar surface area (TPSA) is 175 Å². The van der Waals surface area contributed by atoms with E-state index in [1.54, 1.807) is 30.3 Å². The van der Waals surface area contributed by atoms with Gasteiger partial charge in [0.05, 0.1) is 0 Å². The number of benzene rings is 1. The van der Waals surface area contributed by atoms with Crippen LogP contribution in [0.2, 0.25) is 5.82 Å². The Morgan fingerprint density at radius 2 is 2.06 bits per heavy atom. The third kappa shape index (κ3) is 4.99. The molecule has 5 atom stereocenters. The molecule has 0 radical (unpaired) electrons. The molecule has 2 aliphatic heterocycles. The maximum absolute atomic E-state index is 12.7. The van der Waals surface area contributed by atoms with Gasteiger partial charge in [0.1, 0.15) is 0 Å². The standard InChI is InChI=1S/C18H26N3O8PSe/c1-30(26,27)31(2)29-18(25)10-14(28-13(18)11-22)21-9-8-17(19,20-16(21)24)15(23)12-6-4-3-5-7-12/h3-9,13-14,22,25-27H,10-11,19H2,1-2H3,(H,20,24)/t13-,14-,17?,18-,31?/m1/s1. The zero-order valence-electron chi connectivity index (χ0n) is 16.9. The fourth-order valence-electron chi connectivity index (χ4n) is 3.18. The summed E-state index contributed by atoms with van der Waals surface area (Å²) in [5.74, 6) is -4.34. The molecule has 7 N–H and O–H groups in total. The van der Waals surface area contributed by atoms with Crippen molar-refractivity contribution in [2.45, 2.75) is 36.0 Å². The van der Waals surface area contributed by atoms with E-state index in [1.165, 1.54) is 24.8 Å². The van der Waals surface area contributed by atoms with Crippen molar-refractivity contribution in [3.8, 4) is 0 Å². The van der Waals surface area contributed by atoms with E-state index in [0.29, 0.717) is 5.56 Å². The molecule has 172 valence electrons. The van der Waals surface area contributed by atoms with Crippen molar-refractivity contribution in [1.82, 2.24) is 10.2 Å². The third-order valence-electron chi connectivity index (χ3n) is 4.98. The van der Waals surface area contributed by atoms with Gasteiger partial charge in [0.15, 0.2) is 0 Å². The van der Waals surface area contributed by atoms with Crippen LogP contribution in [0.1, 0.15) is 16.8 Å². The van der Waals surface area contributed by atoms with Crippen LogP contribution in [0.3, 0.4) is 0 Å². The fraction of sp³-hybridized carbons (Fsp3) is 0.444. The van der Waals surface area contributed by atoms with Crippen LogP contribution in [0.15, 0.2) is 42.6 Å². The third-order valence-corrected chi connectivity index (χ3v) is 13.6. The molecule has 2 heterocycles. The van der Waals surface area contributed by atoms with Gasteiger partial charge in [0.2, 0.25) is 0 Å². The zero-order chi connectivity index (χ0) is 23.0. The number of Topliss-reactive ketones (excluding diaryl/α,β-unsaturated/α-hetero) is 1. The molecule has 2 aliphatic rings. The number of nitrogens with two attached hydrogens (primary N) is 1. The first-order chi connectivity index (χ1) is 14.4. The molecular formula is C18H26N3O8PSe. The number of aliphatic hydroxyl groups excluding tert-OH is 1. The van der Waals surface area contributed by atoms with Crippen molar-refractivity contribution in [3.05, 3.63) is 48.2 Å². The van der Waals surface area contributed by atoms with E-state index in [-0.39, 0.29) is 6.42 Å². The normalized spacial score (nSPS) is 32.1. The van der Waals surface area contributed by atoms with Gasteiger partial charge in [0.25, 0.3) is 0 Å². The molecule has 0 saturated carbocycles. The van der Waals surface area contributed by atoms with Crippen LogP contribution in [0, 0.1) is 0 Å². The first-order valence-electron chi connectivity index (χ1n) is 9.25. The number of ether oxygens (including phenoxy) is 1. The molecule has 11 nitrogen and oxygen atoms in total. The summed E-state index contributed by atoms with van der Waals surface area (Å²) < 4.78 is 11.1. The summed E-state index contributed by atoms with van der Waals surface area (Å²) >= 11 is -2.49. The molecule has 31 heavy (non-hydrogen) atoms. The van der Waals surface area contributed by atoms with Crippen LogP contribution in [-0.4, -0.2) is 87.1 Å². The second-order valence-corrected chi connectivity index (χ2v) is 18.2. The Labute approximate surface area is 182 Å². The van der Waals surface area contributed by atoms with Crippen molar-refractivity contribution >= 4 is 31.1 Å². The molecule has 3 rings (SSSR count). The van der Waals surface area contributed by atoms with Gasteiger partial charge in [-0.3, -0.25) is 0 Å². The number of ketones is 1. The molecule has 1 aromatic rings. The van der Waals surface area contributed by atoms with Crippen LogP contribution in [0.5, 0.6) is 0 Å². The number of urea groups is 1. The summed E-state index contributed by atoms with van der Waals surface area (Å²) in [6, 6.07) is 7.51. The van der Waals surface area contributed by atoms with Crippen LogP contribution >= 0.6 is 5.96 Å². The molecular weight excluding hydrogens is 496 g/mol. The molecule has 1 fully saturated rings. The fourth-order valence-corrected chi connectivity index (χ4v) is 6.12. The van der Waals surface area contributed by atoms with Gasteiger partial charge in [-0.15, -0.1) is 0 Å². The Bertz CT molecular complexity index is 946. The molecule has 0 spiro atoms. The number of carbonyl (C=O) groups excluding carboxylic acids is 2. The molecule has 1 saturated heterocycles. The number of carbonyl (C=O) groups is 2. The van der Waals surface area contributed by atoms with Crippen LogP contribution < -0.4 is 11.1 Å². The van der Waals surface area contributed by atoms with Gasteiger partial charge in [-0.2, -0.15) is 0 Å². The van der Waals surface area contributed by atoms with E-state index >= 15 is 0 Å². The van der Waals surface area contributed by atoms with Crippen LogP contribution in [-0.2, 0) is 8.56 Å². The van der Waals surface area contributed by atoms with E-state index in [2.05, 4.69) is 5.32 Å². The zero-order valence-corrected chi connectivity index (χ0v) is 19.5. The molecule has 1 aromatic carbocycles. The summed E-state index contributed by atoms with van der Waals surface area (Å²) in [6.45, 7) is 0.623. The van der Waals surface area contributed by atoms with Crippen LogP contribution in [0.4, 0.5) is 4.79 Å². The van der Waals surface area contributed by atoms with E-state index in [4.69, 9.17) is 14.3 Å². The number of nitrogens with one attached hydrogen (secondary N) is 1. The summed E-state index contributed by atoms with van der Waals surface area (Å²) in [4.78, 5) is 46.2. The van der Waals surface area contributed by atoms with Gasteiger partial charge in [-0.1, -0.05) is 6.07 Å². The second-order valence-electron chi connectivity index (χ2n) is 7.37. The van der Waals surface area contributed by atoms with E-state index in [1.807, 2.05) is 0 Å². The van der Waals surface area contributed by atoms with Crippen molar-refractivity contribution in [3.63, 3.8) is 0 Å². The molecule has 13 heteroatoms. The van der Waals surface area contributed by atoms with Gasteiger partial charge in [-0.05, 0) is 0 Å². The average Bonchev–Trinajstić information content (AvgIpc) is 3.03. The summed E-state index contributed by atoms with van der Waals surface area (Å²) in [5, 5.41) is 22.9. The Morgan fingerprint density at radius 1 is 1.42 bits per heavy atom. The van der Waals surface area contributed by atoms with E-state index in [0.717, 1.165) is 4.90 Å². The monoisotopic (exact) mass is 523 g/mol. The Morgan fingerprint density at radius 3 is 2.61 bits per heavy atom.